The number of thiazole rings is 1. The Bertz CT molecular complexity index is 1220. The van der Waals surface area contributed by atoms with Gasteiger partial charge in [-0.05, 0) is 53.4 Å². The van der Waals surface area contributed by atoms with Crippen LogP contribution in [0.4, 0.5) is 15.6 Å². The Morgan fingerprint density at radius 2 is 2.03 bits per heavy atom. The number of rotatable bonds is 5. The van der Waals surface area contributed by atoms with Gasteiger partial charge in [-0.1, -0.05) is 18.2 Å². The van der Waals surface area contributed by atoms with E-state index in [-0.39, 0.29) is 6.03 Å². The van der Waals surface area contributed by atoms with E-state index in [1.807, 2.05) is 29.2 Å². The molecular weight excluding hydrogens is 420 g/mol. The molecule has 1 aliphatic heterocycles. The van der Waals surface area contributed by atoms with Crippen molar-refractivity contribution in [1.82, 2.24) is 20.1 Å². The molecule has 1 aliphatic rings. The minimum absolute atomic E-state index is 0.208. The maximum Gasteiger partial charge on any atom is 0.318 e. The minimum atomic E-state index is -0.208. The first-order valence-corrected chi connectivity index (χ1v) is 11.4. The van der Waals surface area contributed by atoms with E-state index in [4.69, 9.17) is 4.98 Å². The fraction of sp³-hybridized carbons (Fsp3) is 0.208. The number of carbonyl (C=O) groups is 1. The molecule has 0 unspecified atom stereocenters. The highest BCUT2D eigenvalue weighted by molar-refractivity contribution is 7.15. The maximum absolute atomic E-state index is 11.6. The molecular formula is C24H24N6OS. The summed E-state index contributed by atoms with van der Waals surface area (Å²) >= 11 is 1.75. The molecule has 2 amide bonds. The quantitative estimate of drug-likeness (QED) is 0.483. The van der Waals surface area contributed by atoms with Gasteiger partial charge in [0.1, 0.15) is 0 Å². The fourth-order valence-electron chi connectivity index (χ4n) is 3.91. The van der Waals surface area contributed by atoms with Crippen molar-refractivity contribution in [3.63, 3.8) is 0 Å². The zero-order valence-electron chi connectivity index (χ0n) is 17.8. The lowest BCUT2D eigenvalue weighted by Gasteiger charge is -2.28. The first kappa shape index (κ1) is 20.3. The molecule has 32 heavy (non-hydrogen) atoms. The lowest BCUT2D eigenvalue weighted by atomic mass is 9.99. The summed E-state index contributed by atoms with van der Waals surface area (Å²) in [4.78, 5) is 19.9. The topological polar surface area (TPSA) is 75.1 Å². The van der Waals surface area contributed by atoms with E-state index in [1.165, 1.54) is 21.6 Å². The Labute approximate surface area is 190 Å². The van der Waals surface area contributed by atoms with Crippen molar-refractivity contribution in [2.24, 2.45) is 0 Å². The second kappa shape index (κ2) is 8.84. The highest BCUT2D eigenvalue weighted by Gasteiger charge is 2.19. The number of nitrogens with one attached hydrogen (secondary N) is 2. The second-order valence-corrected chi connectivity index (χ2v) is 8.86. The van der Waals surface area contributed by atoms with Crippen molar-refractivity contribution in [3.8, 4) is 5.69 Å². The Morgan fingerprint density at radius 3 is 2.81 bits per heavy atom. The molecule has 4 aromatic rings. The van der Waals surface area contributed by atoms with Gasteiger partial charge in [-0.3, -0.25) is 0 Å². The third-order valence-corrected chi connectivity index (χ3v) is 6.66. The number of amides is 2. The van der Waals surface area contributed by atoms with Gasteiger partial charge in [0.25, 0.3) is 0 Å². The molecule has 0 saturated carbocycles. The number of nitrogens with zero attached hydrogens (tertiary/aromatic N) is 4. The van der Waals surface area contributed by atoms with E-state index in [2.05, 4.69) is 57.0 Å². The molecule has 0 radical (unpaired) electrons. The average molecular weight is 445 g/mol. The van der Waals surface area contributed by atoms with Crippen LogP contribution in [-0.4, -0.2) is 34.4 Å². The van der Waals surface area contributed by atoms with Crippen LogP contribution in [0.1, 0.15) is 21.6 Å². The third kappa shape index (κ3) is 4.36. The third-order valence-electron chi connectivity index (χ3n) is 5.60. The van der Waals surface area contributed by atoms with Crippen molar-refractivity contribution in [2.75, 3.05) is 23.8 Å². The number of anilines is 2. The zero-order valence-corrected chi connectivity index (χ0v) is 18.6. The second-order valence-electron chi connectivity index (χ2n) is 7.76. The summed E-state index contributed by atoms with van der Waals surface area (Å²) in [6, 6.07) is 16.3. The summed E-state index contributed by atoms with van der Waals surface area (Å²) in [7, 11) is 1.61. The van der Waals surface area contributed by atoms with Gasteiger partial charge >= 0.3 is 6.03 Å². The number of hydrogen-bond acceptors (Lipinski definition) is 5. The van der Waals surface area contributed by atoms with E-state index in [1.54, 1.807) is 24.6 Å². The Hall–Kier alpha value is -3.65. The molecule has 0 aliphatic carbocycles. The SMILES string of the molecule is CNC(=O)Nc1ccc2c(c1)CN(c1ncc(Cc3ccc(-n4cccn4)cc3)s1)CC2. The van der Waals surface area contributed by atoms with Gasteiger partial charge < -0.3 is 15.5 Å². The molecule has 5 rings (SSSR count). The average Bonchev–Trinajstić information content (AvgIpc) is 3.52. The summed E-state index contributed by atoms with van der Waals surface area (Å²) in [6.45, 7) is 1.74. The minimum Gasteiger partial charge on any atom is -0.343 e. The van der Waals surface area contributed by atoms with E-state index >= 15 is 0 Å². The lowest BCUT2D eigenvalue weighted by Crippen LogP contribution is -2.30. The monoisotopic (exact) mass is 444 g/mol. The zero-order chi connectivity index (χ0) is 21.9. The summed E-state index contributed by atoms with van der Waals surface area (Å²) in [5, 5.41) is 10.8. The Morgan fingerprint density at radius 1 is 1.16 bits per heavy atom. The molecule has 7 nitrogen and oxygen atoms in total. The van der Waals surface area contributed by atoms with Gasteiger partial charge in [-0.2, -0.15) is 5.10 Å². The highest BCUT2D eigenvalue weighted by Crippen LogP contribution is 2.30. The van der Waals surface area contributed by atoms with Crippen molar-refractivity contribution in [3.05, 3.63) is 88.7 Å². The van der Waals surface area contributed by atoms with Crippen molar-refractivity contribution >= 4 is 28.2 Å². The van der Waals surface area contributed by atoms with E-state index in [0.29, 0.717) is 0 Å². The fourth-order valence-corrected chi connectivity index (χ4v) is 4.88. The van der Waals surface area contributed by atoms with Crippen LogP contribution in [0.25, 0.3) is 5.69 Å². The molecule has 2 aromatic carbocycles. The van der Waals surface area contributed by atoms with Crippen LogP contribution < -0.4 is 15.5 Å². The molecule has 162 valence electrons. The van der Waals surface area contributed by atoms with Crippen LogP contribution in [0.2, 0.25) is 0 Å². The molecule has 0 fully saturated rings. The van der Waals surface area contributed by atoms with Crippen molar-refractivity contribution in [1.29, 1.82) is 0 Å². The van der Waals surface area contributed by atoms with Crippen LogP contribution in [0.3, 0.4) is 0 Å². The Kier molecular flexibility index (Phi) is 5.60. The molecule has 0 atom stereocenters. The van der Waals surface area contributed by atoms with Gasteiger partial charge in [0.15, 0.2) is 5.13 Å². The largest absolute Gasteiger partial charge is 0.343 e. The van der Waals surface area contributed by atoms with Gasteiger partial charge in [0.2, 0.25) is 0 Å². The van der Waals surface area contributed by atoms with Crippen LogP contribution in [0.5, 0.6) is 0 Å². The predicted molar refractivity (Wildman–Crippen MR) is 128 cm³/mol. The molecule has 0 saturated heterocycles. The molecule has 8 heteroatoms. The van der Waals surface area contributed by atoms with Crippen LogP contribution in [-0.2, 0) is 19.4 Å². The standard InChI is InChI=1S/C24H24N6OS/c1-25-23(31)28-20-6-5-18-9-12-29(16-19(18)14-20)24-26-15-22(32-24)13-17-3-7-21(8-4-17)30-11-2-10-27-30/h2-8,10-11,14-15H,9,12-13,16H2,1H3,(H2,25,28,31). The summed E-state index contributed by atoms with van der Waals surface area (Å²) in [5.74, 6) is 0. The summed E-state index contributed by atoms with van der Waals surface area (Å²) < 4.78 is 1.86. The first-order chi connectivity index (χ1) is 15.7. The predicted octanol–water partition coefficient (Wildman–Crippen LogP) is 4.23. The number of aromatic nitrogens is 3. The Balaban J connectivity index is 1.26. The van der Waals surface area contributed by atoms with E-state index < -0.39 is 0 Å². The van der Waals surface area contributed by atoms with Crippen LogP contribution >= 0.6 is 11.3 Å². The van der Waals surface area contributed by atoms with E-state index in [0.717, 1.165) is 42.4 Å². The summed E-state index contributed by atoms with van der Waals surface area (Å²) in [5.41, 5.74) is 5.68. The van der Waals surface area contributed by atoms with Crippen LogP contribution in [0, 0.1) is 0 Å². The normalized spacial score (nSPS) is 13.0. The van der Waals surface area contributed by atoms with Gasteiger partial charge in [0.05, 0.1) is 5.69 Å². The highest BCUT2D eigenvalue weighted by atomic mass is 32.1. The maximum atomic E-state index is 11.6. The number of urea groups is 1. The first-order valence-electron chi connectivity index (χ1n) is 10.6. The lowest BCUT2D eigenvalue weighted by molar-refractivity contribution is 0.254. The molecule has 3 heterocycles. The number of benzene rings is 2. The number of carbonyl (C=O) groups excluding carboxylic acids is 1. The number of hydrogen-bond donors (Lipinski definition) is 2. The smallest absolute Gasteiger partial charge is 0.318 e. The van der Waals surface area contributed by atoms with Gasteiger partial charge in [-0.15, -0.1) is 11.3 Å². The van der Waals surface area contributed by atoms with E-state index in [9.17, 15) is 4.79 Å². The molecule has 0 spiro atoms. The van der Waals surface area contributed by atoms with Crippen molar-refractivity contribution < 1.29 is 4.79 Å². The number of fused-ring (bicyclic) bond motifs is 1. The van der Waals surface area contributed by atoms with Gasteiger partial charge in [0, 0.05) is 55.7 Å². The van der Waals surface area contributed by atoms with Crippen molar-refractivity contribution in [2.45, 2.75) is 19.4 Å². The summed E-state index contributed by atoms with van der Waals surface area (Å²) in [6.07, 6.45) is 7.55. The van der Waals surface area contributed by atoms with Crippen LogP contribution in [0.15, 0.2) is 67.1 Å². The molecule has 2 aromatic heterocycles. The molecule has 2 N–H and O–H groups in total. The van der Waals surface area contributed by atoms with Gasteiger partial charge in [-0.25, -0.2) is 14.5 Å². The molecule has 0 bridgehead atoms.